The van der Waals surface area contributed by atoms with Crippen molar-refractivity contribution in [3.05, 3.63) is 0 Å². The van der Waals surface area contributed by atoms with E-state index in [4.69, 9.17) is 4.74 Å². The minimum absolute atomic E-state index is 0. The fourth-order valence-corrected chi connectivity index (χ4v) is 2.73. The molecule has 6 nitrogen and oxygen atoms in total. The number of alkyl halides is 3. The molecule has 10 heteroatoms. The number of hydrogen-bond acceptors (Lipinski definition) is 3. The van der Waals surface area contributed by atoms with Crippen LogP contribution >= 0.6 is 24.0 Å². The van der Waals surface area contributed by atoms with E-state index < -0.39 is 18.2 Å². The van der Waals surface area contributed by atoms with Gasteiger partial charge in [0.1, 0.15) is 5.60 Å². The number of halogens is 4. The molecule has 1 heterocycles. The second kappa shape index (κ2) is 11.8. The van der Waals surface area contributed by atoms with Crippen LogP contribution in [-0.4, -0.2) is 62.0 Å². The number of carbonyl (C=O) groups is 1. The van der Waals surface area contributed by atoms with E-state index in [-0.39, 0.29) is 36.6 Å². The van der Waals surface area contributed by atoms with E-state index in [1.165, 1.54) is 7.05 Å². The summed E-state index contributed by atoms with van der Waals surface area (Å²) in [6.07, 6.45) is -2.64. The molecule has 1 rings (SSSR count). The highest BCUT2D eigenvalue weighted by molar-refractivity contribution is 14.0. The molecule has 27 heavy (non-hydrogen) atoms. The number of guanidine groups is 1. The van der Waals surface area contributed by atoms with E-state index in [9.17, 15) is 18.0 Å². The van der Waals surface area contributed by atoms with Crippen LogP contribution in [0.1, 0.15) is 46.5 Å². The average molecular weight is 508 g/mol. The molecule has 1 fully saturated rings. The molecule has 0 aliphatic carbocycles. The Morgan fingerprint density at radius 1 is 1.22 bits per heavy atom. The molecular formula is C17H32F3IN4O2. The molecule has 0 aromatic rings. The Morgan fingerprint density at radius 3 is 2.41 bits per heavy atom. The van der Waals surface area contributed by atoms with Gasteiger partial charge < -0.3 is 20.3 Å². The number of piperidine rings is 1. The van der Waals surface area contributed by atoms with Gasteiger partial charge in [-0.3, -0.25) is 4.99 Å². The van der Waals surface area contributed by atoms with Crippen LogP contribution in [0.25, 0.3) is 0 Å². The van der Waals surface area contributed by atoms with Crippen LogP contribution in [0.5, 0.6) is 0 Å². The van der Waals surface area contributed by atoms with E-state index in [2.05, 4.69) is 15.6 Å². The number of rotatable bonds is 5. The fraction of sp³-hybridized carbons (Fsp3) is 0.882. The maximum atomic E-state index is 12.2. The Morgan fingerprint density at radius 2 is 1.85 bits per heavy atom. The molecule has 1 aliphatic rings. The van der Waals surface area contributed by atoms with E-state index in [1.807, 2.05) is 20.8 Å². The molecule has 0 saturated carbocycles. The normalized spacial score (nSPS) is 18.6. The van der Waals surface area contributed by atoms with Gasteiger partial charge in [0.15, 0.2) is 5.96 Å². The number of amides is 1. The standard InChI is InChI=1S/C17H31F3N4O2.HI/c1-16(2,3)26-15(25)24-11-5-6-13(12-24)7-9-22-14(21-4)23-10-8-17(18,19)20;/h13H,5-12H2,1-4H3,(H2,21,22,23);1H. The van der Waals surface area contributed by atoms with Crippen molar-refractivity contribution in [3.63, 3.8) is 0 Å². The average Bonchev–Trinajstić information content (AvgIpc) is 2.51. The van der Waals surface area contributed by atoms with Crippen LogP contribution in [0.4, 0.5) is 18.0 Å². The molecule has 1 aliphatic heterocycles. The van der Waals surface area contributed by atoms with Crippen LogP contribution in [0.2, 0.25) is 0 Å². The SMILES string of the molecule is CN=C(NCCC1CCCN(C(=O)OC(C)(C)C)C1)NCCC(F)(F)F.I. The fourth-order valence-electron chi connectivity index (χ4n) is 2.73. The monoisotopic (exact) mass is 508 g/mol. The number of ether oxygens (including phenoxy) is 1. The lowest BCUT2D eigenvalue weighted by molar-refractivity contribution is -0.132. The third-order valence-electron chi connectivity index (χ3n) is 3.94. The lowest BCUT2D eigenvalue weighted by Gasteiger charge is -2.34. The second-order valence-electron chi connectivity index (χ2n) is 7.51. The predicted octanol–water partition coefficient (Wildman–Crippen LogP) is 3.76. The lowest BCUT2D eigenvalue weighted by Crippen LogP contribution is -2.44. The quantitative estimate of drug-likeness (QED) is 0.337. The van der Waals surface area contributed by atoms with E-state index >= 15 is 0 Å². The molecule has 2 N–H and O–H groups in total. The largest absolute Gasteiger partial charge is 0.444 e. The Labute approximate surface area is 176 Å². The Kier molecular flexibility index (Phi) is 11.4. The highest BCUT2D eigenvalue weighted by atomic mass is 127. The van der Waals surface area contributed by atoms with E-state index in [0.29, 0.717) is 31.5 Å². The zero-order valence-electron chi connectivity index (χ0n) is 16.5. The Balaban J connectivity index is 0.00000676. The first kappa shape index (κ1) is 26.1. The first-order valence-corrected chi connectivity index (χ1v) is 8.99. The first-order chi connectivity index (χ1) is 12.0. The number of nitrogens with zero attached hydrogens (tertiary/aromatic N) is 2. The Bertz CT molecular complexity index is 482. The molecular weight excluding hydrogens is 476 g/mol. The summed E-state index contributed by atoms with van der Waals surface area (Å²) in [6.45, 7) is 7.22. The number of carbonyl (C=O) groups excluding carboxylic acids is 1. The van der Waals surface area contributed by atoms with Crippen molar-refractivity contribution < 1.29 is 22.7 Å². The third kappa shape index (κ3) is 12.2. The number of likely N-dealkylation sites (tertiary alicyclic amines) is 1. The van der Waals surface area contributed by atoms with Gasteiger partial charge in [-0.05, 0) is 46.0 Å². The summed E-state index contributed by atoms with van der Waals surface area (Å²) in [5.41, 5.74) is -0.514. The van der Waals surface area contributed by atoms with Crippen molar-refractivity contribution in [2.75, 3.05) is 33.2 Å². The van der Waals surface area contributed by atoms with Crippen LogP contribution in [0.15, 0.2) is 4.99 Å². The van der Waals surface area contributed by atoms with Gasteiger partial charge in [0.05, 0.1) is 6.42 Å². The second-order valence-corrected chi connectivity index (χ2v) is 7.51. The lowest BCUT2D eigenvalue weighted by atomic mass is 9.95. The minimum Gasteiger partial charge on any atom is -0.444 e. The summed E-state index contributed by atoms with van der Waals surface area (Å²) in [6, 6.07) is 0. The van der Waals surface area contributed by atoms with Crippen molar-refractivity contribution in [3.8, 4) is 0 Å². The predicted molar refractivity (Wildman–Crippen MR) is 111 cm³/mol. The smallest absolute Gasteiger partial charge is 0.410 e. The van der Waals surface area contributed by atoms with Crippen molar-refractivity contribution in [2.45, 2.75) is 58.2 Å². The molecule has 0 radical (unpaired) electrons. The van der Waals surface area contributed by atoms with Crippen molar-refractivity contribution in [1.82, 2.24) is 15.5 Å². The molecule has 0 spiro atoms. The van der Waals surface area contributed by atoms with Crippen molar-refractivity contribution in [2.24, 2.45) is 10.9 Å². The van der Waals surface area contributed by atoms with Crippen LogP contribution in [0.3, 0.4) is 0 Å². The molecule has 0 aromatic heterocycles. The zero-order valence-corrected chi connectivity index (χ0v) is 18.8. The zero-order chi connectivity index (χ0) is 19.8. The summed E-state index contributed by atoms with van der Waals surface area (Å²) >= 11 is 0. The maximum absolute atomic E-state index is 12.2. The van der Waals surface area contributed by atoms with Gasteiger partial charge in [-0.25, -0.2) is 4.79 Å². The highest BCUT2D eigenvalue weighted by Crippen LogP contribution is 2.21. The number of aliphatic imine (C=N–C) groups is 1. The minimum atomic E-state index is -4.18. The summed E-state index contributed by atoms with van der Waals surface area (Å²) in [7, 11) is 1.52. The summed E-state index contributed by atoms with van der Waals surface area (Å²) < 4.78 is 41.9. The van der Waals surface area contributed by atoms with Gasteiger partial charge in [0.25, 0.3) is 0 Å². The van der Waals surface area contributed by atoms with Crippen LogP contribution in [0, 0.1) is 5.92 Å². The van der Waals surface area contributed by atoms with Gasteiger partial charge in [-0.1, -0.05) is 0 Å². The van der Waals surface area contributed by atoms with Gasteiger partial charge >= 0.3 is 12.3 Å². The third-order valence-corrected chi connectivity index (χ3v) is 3.94. The maximum Gasteiger partial charge on any atom is 0.410 e. The molecule has 1 amide bonds. The molecule has 1 saturated heterocycles. The van der Waals surface area contributed by atoms with Crippen molar-refractivity contribution >= 4 is 36.0 Å². The summed E-state index contributed by atoms with van der Waals surface area (Å²) in [5, 5.41) is 5.67. The van der Waals surface area contributed by atoms with Crippen molar-refractivity contribution in [1.29, 1.82) is 0 Å². The van der Waals surface area contributed by atoms with E-state index in [0.717, 1.165) is 19.3 Å². The van der Waals surface area contributed by atoms with Gasteiger partial charge in [-0.2, -0.15) is 13.2 Å². The van der Waals surface area contributed by atoms with Crippen LogP contribution in [-0.2, 0) is 4.74 Å². The summed E-state index contributed by atoms with van der Waals surface area (Å²) in [5.74, 6) is 0.686. The number of nitrogens with one attached hydrogen (secondary N) is 2. The molecule has 1 atom stereocenters. The Hall–Kier alpha value is -0.940. The van der Waals surface area contributed by atoms with E-state index in [1.54, 1.807) is 4.90 Å². The topological polar surface area (TPSA) is 66.0 Å². The van der Waals surface area contributed by atoms with Gasteiger partial charge in [0, 0.05) is 33.2 Å². The molecule has 160 valence electrons. The molecule has 1 unspecified atom stereocenters. The van der Waals surface area contributed by atoms with Gasteiger partial charge in [0.2, 0.25) is 0 Å². The van der Waals surface area contributed by atoms with Crippen LogP contribution < -0.4 is 10.6 Å². The molecule has 0 bridgehead atoms. The number of hydrogen-bond donors (Lipinski definition) is 2. The molecule has 0 aromatic carbocycles. The highest BCUT2D eigenvalue weighted by Gasteiger charge is 2.28. The summed E-state index contributed by atoms with van der Waals surface area (Å²) in [4.78, 5) is 17.8. The first-order valence-electron chi connectivity index (χ1n) is 8.99. The van der Waals surface area contributed by atoms with Gasteiger partial charge in [-0.15, -0.1) is 24.0 Å².